The standard InChI is InChI=1S/C14H25N3O2/c18-14(19)13(15-11-4-5-11)10-16-6-2-8-17-7-1-3-12(17)9-16/h11-13,15H,1-10H2,(H,18,19). The molecule has 2 saturated heterocycles. The average Bonchev–Trinajstić information content (AvgIpc) is 3.12. The summed E-state index contributed by atoms with van der Waals surface area (Å²) in [5.74, 6) is -0.695. The molecule has 0 aromatic heterocycles. The van der Waals surface area contributed by atoms with Gasteiger partial charge in [-0.25, -0.2) is 0 Å². The topological polar surface area (TPSA) is 55.8 Å². The third-order valence-corrected chi connectivity index (χ3v) is 4.64. The molecule has 0 spiro atoms. The Hall–Kier alpha value is -0.650. The van der Waals surface area contributed by atoms with Crippen molar-refractivity contribution in [2.24, 2.45) is 0 Å². The van der Waals surface area contributed by atoms with Crippen LogP contribution in [0.3, 0.4) is 0 Å². The molecule has 3 rings (SSSR count). The predicted molar refractivity (Wildman–Crippen MR) is 73.2 cm³/mol. The fraction of sp³-hybridized carbons (Fsp3) is 0.929. The minimum Gasteiger partial charge on any atom is -0.480 e. The minimum atomic E-state index is -0.695. The van der Waals surface area contributed by atoms with Gasteiger partial charge in [0.05, 0.1) is 0 Å². The van der Waals surface area contributed by atoms with Crippen LogP contribution in [0, 0.1) is 0 Å². The summed E-state index contributed by atoms with van der Waals surface area (Å²) in [4.78, 5) is 16.3. The first-order valence-corrected chi connectivity index (χ1v) is 7.67. The van der Waals surface area contributed by atoms with Crippen molar-refractivity contribution in [1.29, 1.82) is 0 Å². The zero-order valence-electron chi connectivity index (χ0n) is 11.6. The Kier molecular flexibility index (Phi) is 4.05. The van der Waals surface area contributed by atoms with Crippen LogP contribution in [0.5, 0.6) is 0 Å². The molecule has 2 N–H and O–H groups in total. The van der Waals surface area contributed by atoms with Crippen molar-refractivity contribution in [1.82, 2.24) is 15.1 Å². The van der Waals surface area contributed by atoms with Gasteiger partial charge < -0.3 is 10.4 Å². The number of hydrogen-bond acceptors (Lipinski definition) is 4. The highest BCUT2D eigenvalue weighted by Gasteiger charge is 2.33. The quantitative estimate of drug-likeness (QED) is 0.753. The number of hydrogen-bond donors (Lipinski definition) is 2. The van der Waals surface area contributed by atoms with Crippen molar-refractivity contribution < 1.29 is 9.90 Å². The monoisotopic (exact) mass is 267 g/mol. The number of nitrogens with one attached hydrogen (secondary N) is 1. The van der Waals surface area contributed by atoms with Crippen LogP contribution in [0.25, 0.3) is 0 Å². The molecule has 2 aliphatic heterocycles. The molecule has 1 saturated carbocycles. The number of carbonyl (C=O) groups is 1. The highest BCUT2D eigenvalue weighted by atomic mass is 16.4. The van der Waals surface area contributed by atoms with Crippen LogP contribution in [0.4, 0.5) is 0 Å². The normalized spacial score (nSPS) is 30.8. The van der Waals surface area contributed by atoms with Crippen LogP contribution in [0.2, 0.25) is 0 Å². The number of rotatable bonds is 5. The maximum atomic E-state index is 11.4. The highest BCUT2D eigenvalue weighted by molar-refractivity contribution is 5.73. The number of nitrogens with zero attached hydrogens (tertiary/aromatic N) is 2. The van der Waals surface area contributed by atoms with E-state index in [1.165, 1.54) is 32.4 Å². The Morgan fingerprint density at radius 1 is 1.21 bits per heavy atom. The van der Waals surface area contributed by atoms with Gasteiger partial charge in [-0.3, -0.25) is 14.6 Å². The zero-order valence-corrected chi connectivity index (χ0v) is 11.6. The van der Waals surface area contributed by atoms with Gasteiger partial charge in [0.25, 0.3) is 0 Å². The second kappa shape index (κ2) is 5.77. The van der Waals surface area contributed by atoms with Crippen molar-refractivity contribution in [3.05, 3.63) is 0 Å². The summed E-state index contributed by atoms with van der Waals surface area (Å²) in [5.41, 5.74) is 0. The molecule has 0 radical (unpaired) electrons. The molecule has 0 aromatic carbocycles. The van der Waals surface area contributed by atoms with E-state index in [4.69, 9.17) is 0 Å². The molecule has 0 aromatic rings. The summed E-state index contributed by atoms with van der Waals surface area (Å²) in [6.07, 6.45) is 6.04. The van der Waals surface area contributed by atoms with E-state index >= 15 is 0 Å². The van der Waals surface area contributed by atoms with E-state index in [2.05, 4.69) is 15.1 Å². The van der Waals surface area contributed by atoms with Crippen LogP contribution >= 0.6 is 0 Å². The van der Waals surface area contributed by atoms with Gasteiger partial charge in [0, 0.05) is 25.2 Å². The van der Waals surface area contributed by atoms with Gasteiger partial charge in [0.1, 0.15) is 6.04 Å². The van der Waals surface area contributed by atoms with Gasteiger partial charge in [-0.15, -0.1) is 0 Å². The average molecular weight is 267 g/mol. The zero-order chi connectivity index (χ0) is 13.2. The van der Waals surface area contributed by atoms with Gasteiger partial charge in [0.2, 0.25) is 0 Å². The van der Waals surface area contributed by atoms with Crippen LogP contribution < -0.4 is 5.32 Å². The Morgan fingerprint density at radius 3 is 2.74 bits per heavy atom. The van der Waals surface area contributed by atoms with E-state index < -0.39 is 5.97 Å². The summed E-state index contributed by atoms with van der Waals surface area (Å²) < 4.78 is 0. The molecule has 19 heavy (non-hydrogen) atoms. The van der Waals surface area contributed by atoms with Crippen LogP contribution in [0.15, 0.2) is 0 Å². The molecule has 3 aliphatic rings. The SMILES string of the molecule is O=C(O)C(CN1CCCN2CCCC2C1)NC1CC1. The Balaban J connectivity index is 1.55. The molecule has 1 aliphatic carbocycles. The summed E-state index contributed by atoms with van der Waals surface area (Å²) in [5, 5.41) is 12.6. The van der Waals surface area contributed by atoms with Crippen molar-refractivity contribution in [2.45, 2.75) is 50.2 Å². The number of aliphatic carboxylic acids is 1. The molecular weight excluding hydrogens is 242 g/mol. The predicted octanol–water partition coefficient (Wildman–Crippen LogP) is 0.362. The van der Waals surface area contributed by atoms with Gasteiger partial charge in [-0.05, 0) is 51.7 Å². The van der Waals surface area contributed by atoms with E-state index in [1.807, 2.05) is 0 Å². The summed E-state index contributed by atoms with van der Waals surface area (Å²) in [6.45, 7) is 5.19. The van der Waals surface area contributed by atoms with Gasteiger partial charge in [-0.1, -0.05) is 0 Å². The lowest BCUT2D eigenvalue weighted by molar-refractivity contribution is -0.140. The summed E-state index contributed by atoms with van der Waals surface area (Å²) in [7, 11) is 0. The molecule has 5 heteroatoms. The smallest absolute Gasteiger partial charge is 0.322 e. The molecule has 2 heterocycles. The first-order chi connectivity index (χ1) is 9.22. The number of fused-ring (bicyclic) bond motifs is 1. The van der Waals surface area contributed by atoms with Crippen molar-refractivity contribution in [3.8, 4) is 0 Å². The number of carboxylic acids is 1. The Morgan fingerprint density at radius 2 is 2.00 bits per heavy atom. The molecule has 0 bridgehead atoms. The van der Waals surface area contributed by atoms with E-state index in [9.17, 15) is 9.90 Å². The van der Waals surface area contributed by atoms with Crippen LogP contribution in [-0.4, -0.2) is 71.7 Å². The second-order valence-corrected chi connectivity index (χ2v) is 6.28. The van der Waals surface area contributed by atoms with Crippen molar-refractivity contribution in [3.63, 3.8) is 0 Å². The largest absolute Gasteiger partial charge is 0.480 e. The van der Waals surface area contributed by atoms with Crippen LogP contribution in [0.1, 0.15) is 32.1 Å². The Bertz CT molecular complexity index is 333. The fourth-order valence-corrected chi connectivity index (χ4v) is 3.44. The molecule has 3 fully saturated rings. The first-order valence-electron chi connectivity index (χ1n) is 7.67. The highest BCUT2D eigenvalue weighted by Crippen LogP contribution is 2.22. The van der Waals surface area contributed by atoms with E-state index in [0.29, 0.717) is 18.6 Å². The van der Waals surface area contributed by atoms with Crippen LogP contribution in [-0.2, 0) is 4.79 Å². The molecule has 5 nitrogen and oxygen atoms in total. The lowest BCUT2D eigenvalue weighted by Crippen LogP contribution is -2.48. The summed E-state index contributed by atoms with van der Waals surface area (Å²) >= 11 is 0. The third kappa shape index (κ3) is 3.46. The van der Waals surface area contributed by atoms with E-state index in [1.54, 1.807) is 0 Å². The lowest BCUT2D eigenvalue weighted by atomic mass is 10.2. The minimum absolute atomic E-state index is 0.388. The van der Waals surface area contributed by atoms with Crippen molar-refractivity contribution in [2.75, 3.05) is 32.7 Å². The third-order valence-electron chi connectivity index (χ3n) is 4.64. The fourth-order valence-electron chi connectivity index (χ4n) is 3.44. The molecule has 2 unspecified atom stereocenters. The Labute approximate surface area is 114 Å². The van der Waals surface area contributed by atoms with E-state index in [0.717, 1.165) is 25.9 Å². The maximum Gasteiger partial charge on any atom is 0.322 e. The number of carboxylic acid groups (broad SMARTS) is 1. The summed E-state index contributed by atoms with van der Waals surface area (Å²) in [6, 6.07) is 0.731. The molecule has 0 amide bonds. The first kappa shape index (κ1) is 13.3. The van der Waals surface area contributed by atoms with E-state index in [-0.39, 0.29) is 6.04 Å². The molecular formula is C14H25N3O2. The molecule has 2 atom stereocenters. The van der Waals surface area contributed by atoms with Gasteiger partial charge in [-0.2, -0.15) is 0 Å². The maximum absolute atomic E-state index is 11.4. The second-order valence-electron chi connectivity index (χ2n) is 6.28. The lowest BCUT2D eigenvalue weighted by Gasteiger charge is -2.28. The van der Waals surface area contributed by atoms with Crippen molar-refractivity contribution >= 4 is 5.97 Å². The van der Waals surface area contributed by atoms with Gasteiger partial charge >= 0.3 is 5.97 Å². The van der Waals surface area contributed by atoms with Gasteiger partial charge in [0.15, 0.2) is 0 Å². The molecule has 108 valence electrons.